The summed E-state index contributed by atoms with van der Waals surface area (Å²) in [5, 5.41) is 3.18. The number of carbonyl (C=O) groups is 2. The number of thiazole rings is 1. The number of nitrogens with one attached hydrogen (secondary N) is 1. The molecule has 2 atom stereocenters. The van der Waals surface area contributed by atoms with E-state index in [0.29, 0.717) is 10.7 Å². The summed E-state index contributed by atoms with van der Waals surface area (Å²) in [5.41, 5.74) is 0.627. The molecule has 0 radical (unpaired) electrons. The molecule has 1 fully saturated rings. The Bertz CT molecular complexity index is 762. The number of amides is 2. The van der Waals surface area contributed by atoms with Crippen LogP contribution < -0.4 is 5.32 Å². The van der Waals surface area contributed by atoms with Crippen molar-refractivity contribution in [3.63, 3.8) is 0 Å². The van der Waals surface area contributed by atoms with Crippen LogP contribution in [0.5, 0.6) is 0 Å². The minimum absolute atomic E-state index is 0.177. The van der Waals surface area contributed by atoms with E-state index < -0.39 is 18.1 Å². The molecule has 8 heteroatoms. The fourth-order valence-corrected chi connectivity index (χ4v) is 3.25. The smallest absolute Gasteiger partial charge is 0.257 e. The first-order chi connectivity index (χ1) is 11.5. The van der Waals surface area contributed by atoms with Crippen LogP contribution in [0.25, 0.3) is 0 Å². The standard InChI is InChI=1S/C16H16FN3O3S/c1-9-7-18-16(24-9)19-15(22)14-13(20(2)12(21)8-23-14)10-3-5-11(17)6-4-10/h3-7,13-14H,8H2,1-2H3,(H,18,19,22). The lowest BCUT2D eigenvalue weighted by molar-refractivity contribution is -0.160. The first-order valence-electron chi connectivity index (χ1n) is 7.31. The average molecular weight is 349 g/mol. The molecule has 0 bridgehead atoms. The summed E-state index contributed by atoms with van der Waals surface area (Å²) >= 11 is 1.35. The molecule has 3 rings (SSSR count). The third-order valence-corrected chi connectivity index (χ3v) is 4.63. The lowest BCUT2D eigenvalue weighted by atomic mass is 9.97. The Labute approximate surface area is 142 Å². The van der Waals surface area contributed by atoms with Crippen LogP contribution in [-0.2, 0) is 14.3 Å². The summed E-state index contributed by atoms with van der Waals surface area (Å²) in [6.45, 7) is 1.71. The molecule has 2 heterocycles. The van der Waals surface area contributed by atoms with Gasteiger partial charge in [0.25, 0.3) is 5.91 Å². The number of nitrogens with zero attached hydrogens (tertiary/aromatic N) is 2. The second-order valence-corrected chi connectivity index (χ2v) is 6.73. The molecular formula is C16H16FN3O3S. The quantitative estimate of drug-likeness (QED) is 0.921. The maximum Gasteiger partial charge on any atom is 0.257 e. The van der Waals surface area contributed by atoms with Crippen LogP contribution in [0.1, 0.15) is 16.5 Å². The predicted octanol–water partition coefficient (Wildman–Crippen LogP) is 2.13. The number of halogens is 1. The summed E-state index contributed by atoms with van der Waals surface area (Å²) in [6, 6.07) is 5.05. The van der Waals surface area contributed by atoms with E-state index in [9.17, 15) is 14.0 Å². The van der Waals surface area contributed by atoms with Crippen molar-refractivity contribution in [1.82, 2.24) is 9.88 Å². The van der Waals surface area contributed by atoms with Gasteiger partial charge in [-0.3, -0.25) is 14.9 Å². The molecule has 0 saturated carbocycles. The summed E-state index contributed by atoms with van der Waals surface area (Å²) in [6.07, 6.45) is 0.761. The third-order valence-electron chi connectivity index (χ3n) is 3.81. The molecule has 0 aliphatic carbocycles. The van der Waals surface area contributed by atoms with Gasteiger partial charge in [0.2, 0.25) is 5.91 Å². The first-order valence-corrected chi connectivity index (χ1v) is 8.13. The summed E-state index contributed by atoms with van der Waals surface area (Å²) in [4.78, 5) is 31.1. The van der Waals surface area contributed by atoms with E-state index in [1.165, 1.54) is 28.4 Å². The van der Waals surface area contributed by atoms with E-state index in [0.717, 1.165) is 4.88 Å². The summed E-state index contributed by atoms with van der Waals surface area (Å²) in [5.74, 6) is -1.01. The molecular weight excluding hydrogens is 333 g/mol. The van der Waals surface area contributed by atoms with Crippen LogP contribution in [-0.4, -0.2) is 41.5 Å². The van der Waals surface area contributed by atoms with E-state index in [1.54, 1.807) is 25.4 Å². The van der Waals surface area contributed by atoms with Crippen LogP contribution in [0, 0.1) is 12.7 Å². The molecule has 1 aromatic heterocycles. The van der Waals surface area contributed by atoms with Crippen molar-refractivity contribution in [3.8, 4) is 0 Å². The molecule has 2 amide bonds. The van der Waals surface area contributed by atoms with Gasteiger partial charge in [-0.1, -0.05) is 12.1 Å². The summed E-state index contributed by atoms with van der Waals surface area (Å²) in [7, 11) is 1.60. The zero-order chi connectivity index (χ0) is 17.3. The molecule has 1 saturated heterocycles. The van der Waals surface area contributed by atoms with Crippen molar-refractivity contribution in [3.05, 3.63) is 46.7 Å². The maximum atomic E-state index is 13.2. The number of aryl methyl sites for hydroxylation is 1. The first kappa shape index (κ1) is 16.5. The second kappa shape index (κ2) is 6.66. The number of hydrogen-bond donors (Lipinski definition) is 1. The van der Waals surface area contributed by atoms with Gasteiger partial charge in [-0.25, -0.2) is 9.37 Å². The van der Waals surface area contributed by atoms with Gasteiger partial charge in [-0.05, 0) is 24.6 Å². The topological polar surface area (TPSA) is 71.5 Å². The molecule has 1 aliphatic heterocycles. The number of morpholine rings is 1. The molecule has 6 nitrogen and oxygen atoms in total. The molecule has 1 aromatic carbocycles. The van der Waals surface area contributed by atoms with Gasteiger partial charge in [0.05, 0.1) is 6.04 Å². The number of benzene rings is 1. The average Bonchev–Trinajstić information content (AvgIpc) is 2.96. The number of likely N-dealkylation sites (N-methyl/N-ethyl adjacent to an activating group) is 1. The van der Waals surface area contributed by atoms with Crippen molar-refractivity contribution in [1.29, 1.82) is 0 Å². The Hall–Kier alpha value is -2.32. The highest BCUT2D eigenvalue weighted by Crippen LogP contribution is 2.30. The Morgan fingerprint density at radius 1 is 1.42 bits per heavy atom. The van der Waals surface area contributed by atoms with Gasteiger partial charge >= 0.3 is 0 Å². The Balaban J connectivity index is 1.86. The zero-order valence-electron chi connectivity index (χ0n) is 13.2. The van der Waals surface area contributed by atoms with E-state index in [-0.39, 0.29) is 18.3 Å². The minimum Gasteiger partial charge on any atom is -0.356 e. The van der Waals surface area contributed by atoms with Crippen molar-refractivity contribution < 1.29 is 18.7 Å². The molecule has 2 unspecified atom stereocenters. The Morgan fingerprint density at radius 3 is 2.75 bits per heavy atom. The normalized spacial score (nSPS) is 21.0. The lowest BCUT2D eigenvalue weighted by Gasteiger charge is -2.38. The van der Waals surface area contributed by atoms with Gasteiger partial charge in [-0.2, -0.15) is 0 Å². The molecule has 1 N–H and O–H groups in total. The van der Waals surface area contributed by atoms with Gasteiger partial charge in [0, 0.05) is 18.1 Å². The van der Waals surface area contributed by atoms with Crippen molar-refractivity contribution in [2.24, 2.45) is 0 Å². The van der Waals surface area contributed by atoms with Crippen molar-refractivity contribution in [2.45, 2.75) is 19.1 Å². The van der Waals surface area contributed by atoms with Crippen LogP contribution in [0.2, 0.25) is 0 Å². The number of anilines is 1. The Kier molecular flexibility index (Phi) is 4.59. The van der Waals surface area contributed by atoms with E-state index in [1.807, 2.05) is 6.92 Å². The third kappa shape index (κ3) is 3.29. The van der Waals surface area contributed by atoms with Gasteiger partial charge in [0.1, 0.15) is 12.4 Å². The fraction of sp³-hybridized carbons (Fsp3) is 0.312. The highest BCUT2D eigenvalue weighted by atomic mass is 32.1. The fourth-order valence-electron chi connectivity index (χ4n) is 2.58. The lowest BCUT2D eigenvalue weighted by Crippen LogP contribution is -2.51. The number of rotatable bonds is 3. The minimum atomic E-state index is -0.901. The maximum absolute atomic E-state index is 13.2. The zero-order valence-corrected chi connectivity index (χ0v) is 14.0. The number of carbonyl (C=O) groups excluding carboxylic acids is 2. The van der Waals surface area contributed by atoms with Gasteiger partial charge in [-0.15, -0.1) is 11.3 Å². The predicted molar refractivity (Wildman–Crippen MR) is 87.1 cm³/mol. The van der Waals surface area contributed by atoms with Crippen LogP contribution >= 0.6 is 11.3 Å². The van der Waals surface area contributed by atoms with E-state index in [2.05, 4.69) is 10.3 Å². The van der Waals surface area contributed by atoms with Gasteiger partial charge in [0.15, 0.2) is 11.2 Å². The van der Waals surface area contributed by atoms with Crippen molar-refractivity contribution >= 4 is 28.3 Å². The van der Waals surface area contributed by atoms with Crippen LogP contribution in [0.3, 0.4) is 0 Å². The van der Waals surface area contributed by atoms with E-state index in [4.69, 9.17) is 4.74 Å². The Morgan fingerprint density at radius 2 is 2.12 bits per heavy atom. The largest absolute Gasteiger partial charge is 0.356 e. The number of hydrogen-bond acceptors (Lipinski definition) is 5. The molecule has 2 aromatic rings. The monoisotopic (exact) mass is 349 g/mol. The number of aromatic nitrogens is 1. The molecule has 0 spiro atoms. The second-order valence-electron chi connectivity index (χ2n) is 5.50. The molecule has 126 valence electrons. The highest BCUT2D eigenvalue weighted by molar-refractivity contribution is 7.15. The van der Waals surface area contributed by atoms with Crippen LogP contribution in [0.15, 0.2) is 30.5 Å². The summed E-state index contributed by atoms with van der Waals surface area (Å²) < 4.78 is 18.7. The van der Waals surface area contributed by atoms with E-state index >= 15 is 0 Å². The van der Waals surface area contributed by atoms with Crippen LogP contribution in [0.4, 0.5) is 9.52 Å². The SMILES string of the molecule is Cc1cnc(NC(=O)C2OCC(=O)N(C)C2c2ccc(F)cc2)s1. The van der Waals surface area contributed by atoms with Crippen molar-refractivity contribution in [2.75, 3.05) is 19.0 Å². The van der Waals surface area contributed by atoms with Gasteiger partial charge < -0.3 is 9.64 Å². The number of ether oxygens (including phenoxy) is 1. The molecule has 1 aliphatic rings. The highest BCUT2D eigenvalue weighted by Gasteiger charge is 2.40. The molecule has 24 heavy (non-hydrogen) atoms.